The number of fused-ring (bicyclic) bond motifs is 1. The third-order valence-corrected chi connectivity index (χ3v) is 5.01. The summed E-state index contributed by atoms with van der Waals surface area (Å²) >= 11 is 0. The molecule has 3 aromatic rings. The first kappa shape index (κ1) is 18.0. The number of para-hydroxylation sites is 2. The average molecular weight is 382 g/mol. The standard InChI is InChI=1S/C19H22N6O3/c1-23-19(27)24-10-9-14(7-8-17(24)22-23)21-18(26)13-11-20-25(12-13)15-5-3-4-6-16(15)28-2/h3-6,11-12,14H,7-10H2,1-2H3,(H,21,26). The number of ether oxygens (including phenoxy) is 1. The van der Waals surface area contributed by atoms with Gasteiger partial charge in [0.05, 0.1) is 18.9 Å². The highest BCUT2D eigenvalue weighted by atomic mass is 16.5. The third-order valence-electron chi connectivity index (χ3n) is 5.01. The largest absolute Gasteiger partial charge is 0.494 e. The Hall–Kier alpha value is -3.36. The van der Waals surface area contributed by atoms with Crippen LogP contribution in [0.2, 0.25) is 0 Å². The zero-order chi connectivity index (χ0) is 19.7. The number of amides is 1. The van der Waals surface area contributed by atoms with Gasteiger partial charge in [0.15, 0.2) is 0 Å². The number of nitrogens with zero attached hydrogens (tertiary/aromatic N) is 5. The molecule has 0 radical (unpaired) electrons. The number of methoxy groups -OCH3 is 1. The Morgan fingerprint density at radius 2 is 2.11 bits per heavy atom. The molecule has 1 unspecified atom stereocenters. The van der Waals surface area contributed by atoms with Crippen LogP contribution in [0.5, 0.6) is 5.75 Å². The van der Waals surface area contributed by atoms with Crippen LogP contribution in [0.4, 0.5) is 0 Å². The van der Waals surface area contributed by atoms with Gasteiger partial charge in [-0.1, -0.05) is 12.1 Å². The molecule has 9 heteroatoms. The molecule has 3 heterocycles. The number of hydrogen-bond acceptors (Lipinski definition) is 5. The number of carbonyl (C=O) groups is 1. The lowest BCUT2D eigenvalue weighted by atomic mass is 10.1. The number of nitrogens with one attached hydrogen (secondary N) is 1. The van der Waals surface area contributed by atoms with E-state index in [2.05, 4.69) is 15.5 Å². The average Bonchev–Trinajstić information content (AvgIpc) is 3.24. The molecule has 146 valence electrons. The van der Waals surface area contributed by atoms with Gasteiger partial charge in [-0.15, -0.1) is 0 Å². The van der Waals surface area contributed by atoms with Crippen molar-refractivity contribution in [2.24, 2.45) is 7.05 Å². The van der Waals surface area contributed by atoms with Crippen molar-refractivity contribution in [3.8, 4) is 11.4 Å². The highest BCUT2D eigenvalue weighted by Gasteiger charge is 2.22. The van der Waals surface area contributed by atoms with E-state index in [4.69, 9.17) is 4.74 Å². The van der Waals surface area contributed by atoms with Crippen LogP contribution in [0.1, 0.15) is 29.0 Å². The second-order valence-corrected chi connectivity index (χ2v) is 6.82. The summed E-state index contributed by atoms with van der Waals surface area (Å²) in [4.78, 5) is 24.7. The van der Waals surface area contributed by atoms with Crippen molar-refractivity contribution >= 4 is 5.91 Å². The van der Waals surface area contributed by atoms with E-state index in [0.717, 1.165) is 17.9 Å². The number of benzene rings is 1. The van der Waals surface area contributed by atoms with Gasteiger partial charge >= 0.3 is 5.69 Å². The number of aryl methyl sites for hydroxylation is 2. The van der Waals surface area contributed by atoms with Crippen molar-refractivity contribution in [1.82, 2.24) is 29.4 Å². The lowest BCUT2D eigenvalue weighted by Gasteiger charge is -2.15. The molecular weight excluding hydrogens is 360 g/mol. The van der Waals surface area contributed by atoms with Gasteiger partial charge in [-0.2, -0.15) is 10.2 Å². The highest BCUT2D eigenvalue weighted by molar-refractivity contribution is 5.94. The van der Waals surface area contributed by atoms with Gasteiger partial charge in [-0.3, -0.25) is 9.36 Å². The fourth-order valence-corrected chi connectivity index (χ4v) is 3.50. The van der Waals surface area contributed by atoms with Crippen LogP contribution in [-0.4, -0.2) is 43.2 Å². The molecule has 9 nitrogen and oxygen atoms in total. The van der Waals surface area contributed by atoms with Gasteiger partial charge < -0.3 is 10.1 Å². The number of hydrogen-bond donors (Lipinski definition) is 1. The molecule has 0 saturated carbocycles. The molecule has 2 aromatic heterocycles. The quantitative estimate of drug-likeness (QED) is 0.724. The second-order valence-electron chi connectivity index (χ2n) is 6.82. The maximum Gasteiger partial charge on any atom is 0.345 e. The first-order valence-corrected chi connectivity index (χ1v) is 9.18. The molecule has 0 saturated heterocycles. The van der Waals surface area contributed by atoms with E-state index in [0.29, 0.717) is 30.7 Å². The van der Waals surface area contributed by atoms with Gasteiger partial charge in [0, 0.05) is 32.3 Å². The second kappa shape index (κ2) is 7.34. The van der Waals surface area contributed by atoms with Gasteiger partial charge in [0.2, 0.25) is 0 Å². The van der Waals surface area contributed by atoms with Crippen LogP contribution >= 0.6 is 0 Å². The summed E-state index contributed by atoms with van der Waals surface area (Å²) in [6.07, 6.45) is 5.30. The molecule has 4 rings (SSSR count). The van der Waals surface area contributed by atoms with E-state index >= 15 is 0 Å². The summed E-state index contributed by atoms with van der Waals surface area (Å²) in [5.41, 5.74) is 1.13. The van der Waals surface area contributed by atoms with E-state index in [9.17, 15) is 9.59 Å². The molecule has 1 N–H and O–H groups in total. The van der Waals surface area contributed by atoms with Crippen molar-refractivity contribution in [2.45, 2.75) is 31.8 Å². The lowest BCUT2D eigenvalue weighted by molar-refractivity contribution is 0.0933. The molecule has 1 aliphatic rings. The van der Waals surface area contributed by atoms with Gasteiger partial charge in [0.25, 0.3) is 5.91 Å². The predicted octanol–water partition coefficient (Wildman–Crippen LogP) is 0.911. The molecular formula is C19H22N6O3. The van der Waals surface area contributed by atoms with Gasteiger partial charge in [-0.25, -0.2) is 14.2 Å². The summed E-state index contributed by atoms with van der Waals surface area (Å²) in [5.74, 6) is 1.27. The molecule has 0 aliphatic carbocycles. The summed E-state index contributed by atoms with van der Waals surface area (Å²) in [5, 5.41) is 11.6. The maximum atomic E-state index is 12.7. The summed E-state index contributed by atoms with van der Waals surface area (Å²) in [7, 11) is 3.25. The van der Waals surface area contributed by atoms with E-state index in [1.54, 1.807) is 35.8 Å². The van der Waals surface area contributed by atoms with E-state index in [1.807, 2.05) is 24.3 Å². The first-order valence-electron chi connectivity index (χ1n) is 9.18. The van der Waals surface area contributed by atoms with Crippen LogP contribution in [0.3, 0.4) is 0 Å². The Labute approximate surface area is 161 Å². The zero-order valence-electron chi connectivity index (χ0n) is 15.8. The van der Waals surface area contributed by atoms with E-state index < -0.39 is 0 Å². The Bertz CT molecular complexity index is 1060. The Morgan fingerprint density at radius 3 is 2.93 bits per heavy atom. The highest BCUT2D eigenvalue weighted by Crippen LogP contribution is 2.21. The monoisotopic (exact) mass is 382 g/mol. The molecule has 0 fully saturated rings. The molecule has 1 amide bonds. The number of carbonyl (C=O) groups excluding carboxylic acids is 1. The smallest absolute Gasteiger partial charge is 0.345 e. The van der Waals surface area contributed by atoms with E-state index in [1.165, 1.54) is 4.68 Å². The molecule has 0 spiro atoms. The fourth-order valence-electron chi connectivity index (χ4n) is 3.50. The minimum atomic E-state index is -0.182. The SMILES string of the molecule is COc1ccccc1-n1cc(C(=O)NC2CCc3nn(C)c(=O)n3CC2)cn1. The van der Waals surface area contributed by atoms with Crippen LogP contribution < -0.4 is 15.7 Å². The minimum absolute atomic E-state index is 0.0199. The van der Waals surface area contributed by atoms with E-state index in [-0.39, 0.29) is 17.6 Å². The Morgan fingerprint density at radius 1 is 1.29 bits per heavy atom. The minimum Gasteiger partial charge on any atom is -0.494 e. The molecule has 1 atom stereocenters. The Kier molecular flexibility index (Phi) is 4.72. The van der Waals surface area contributed by atoms with Crippen LogP contribution in [0.15, 0.2) is 41.5 Å². The number of aromatic nitrogens is 5. The lowest BCUT2D eigenvalue weighted by Crippen LogP contribution is -2.35. The molecule has 1 aliphatic heterocycles. The fraction of sp³-hybridized carbons (Fsp3) is 0.368. The molecule has 0 bridgehead atoms. The normalized spacial score (nSPS) is 16.3. The topological polar surface area (TPSA) is 96.0 Å². The van der Waals surface area contributed by atoms with Gasteiger partial charge in [0.1, 0.15) is 17.3 Å². The van der Waals surface area contributed by atoms with Crippen LogP contribution in [-0.2, 0) is 20.0 Å². The molecule has 1 aromatic carbocycles. The summed E-state index contributed by atoms with van der Waals surface area (Å²) < 4.78 is 10.0. The molecule has 28 heavy (non-hydrogen) atoms. The van der Waals surface area contributed by atoms with Crippen molar-refractivity contribution < 1.29 is 9.53 Å². The third kappa shape index (κ3) is 3.30. The summed E-state index contributed by atoms with van der Waals surface area (Å²) in [6.45, 7) is 0.549. The van der Waals surface area contributed by atoms with Gasteiger partial charge in [-0.05, 0) is 25.0 Å². The van der Waals surface area contributed by atoms with Crippen molar-refractivity contribution in [3.05, 3.63) is 58.5 Å². The maximum absolute atomic E-state index is 12.7. The predicted molar refractivity (Wildman–Crippen MR) is 102 cm³/mol. The van der Waals surface area contributed by atoms with Crippen LogP contribution in [0.25, 0.3) is 5.69 Å². The van der Waals surface area contributed by atoms with Crippen molar-refractivity contribution in [1.29, 1.82) is 0 Å². The summed E-state index contributed by atoms with van der Waals surface area (Å²) in [6, 6.07) is 7.47. The van der Waals surface area contributed by atoms with Crippen molar-refractivity contribution in [2.75, 3.05) is 7.11 Å². The Balaban J connectivity index is 1.45. The zero-order valence-corrected chi connectivity index (χ0v) is 15.8. The van der Waals surface area contributed by atoms with Crippen molar-refractivity contribution in [3.63, 3.8) is 0 Å². The first-order chi connectivity index (χ1) is 13.6. The van der Waals surface area contributed by atoms with Crippen LogP contribution in [0, 0.1) is 0 Å². The number of rotatable bonds is 4.